The lowest BCUT2D eigenvalue weighted by Crippen LogP contribution is -2.30. The number of halogens is 2. The van der Waals surface area contributed by atoms with Crippen molar-refractivity contribution in [2.45, 2.75) is 24.5 Å². The maximum Gasteiger partial charge on any atom is 0.407 e. The Bertz CT molecular complexity index is 1130. The number of phenols is 1. The van der Waals surface area contributed by atoms with Gasteiger partial charge in [-0.25, -0.2) is 9.18 Å². The van der Waals surface area contributed by atoms with Crippen molar-refractivity contribution >= 4 is 17.7 Å². The molecule has 0 spiro atoms. The molecule has 1 aliphatic carbocycles. The van der Waals surface area contributed by atoms with Crippen molar-refractivity contribution in [3.05, 3.63) is 88.2 Å². The Hall–Kier alpha value is -3.13. The molecule has 3 aromatic carbocycles. The van der Waals surface area contributed by atoms with E-state index in [9.17, 15) is 24.5 Å². The highest BCUT2D eigenvalue weighted by atomic mass is 35.5. The summed E-state index contributed by atoms with van der Waals surface area (Å²) in [5, 5.41) is 32.7. The molecule has 1 aliphatic rings. The van der Waals surface area contributed by atoms with Crippen molar-refractivity contribution < 1.29 is 29.2 Å². The zero-order valence-corrected chi connectivity index (χ0v) is 18.3. The number of amides is 1. The fourth-order valence-corrected chi connectivity index (χ4v) is 4.36. The second-order valence-electron chi connectivity index (χ2n) is 7.88. The summed E-state index contributed by atoms with van der Waals surface area (Å²) in [5.41, 5.74) is 4.21. The van der Waals surface area contributed by atoms with Crippen molar-refractivity contribution in [3.63, 3.8) is 0 Å². The molecule has 3 aromatic rings. The zero-order chi connectivity index (χ0) is 23.5. The van der Waals surface area contributed by atoms with Crippen LogP contribution in [0.5, 0.6) is 5.75 Å². The van der Waals surface area contributed by atoms with E-state index in [0.29, 0.717) is 0 Å². The number of hydrogen-bond acceptors (Lipinski definition) is 5. The third kappa shape index (κ3) is 4.80. The van der Waals surface area contributed by atoms with Gasteiger partial charge in [0.25, 0.3) is 0 Å². The van der Waals surface area contributed by atoms with Crippen molar-refractivity contribution in [2.75, 3.05) is 13.2 Å². The molecule has 0 aliphatic heterocycles. The normalized spacial score (nSPS) is 14.3. The lowest BCUT2D eigenvalue weighted by molar-refractivity contribution is 0.0121. The van der Waals surface area contributed by atoms with Crippen molar-refractivity contribution in [3.8, 4) is 16.9 Å². The molecule has 8 heteroatoms. The number of alkyl carbamates (subject to hydrolysis) is 1. The molecule has 0 bridgehead atoms. The van der Waals surface area contributed by atoms with Gasteiger partial charge in [0.1, 0.15) is 12.7 Å². The highest BCUT2D eigenvalue weighted by Crippen LogP contribution is 2.44. The van der Waals surface area contributed by atoms with Gasteiger partial charge in [-0.1, -0.05) is 60.1 Å². The predicted octanol–water partition coefficient (Wildman–Crippen LogP) is 4.51. The van der Waals surface area contributed by atoms with E-state index in [0.717, 1.165) is 28.3 Å². The van der Waals surface area contributed by atoms with Gasteiger partial charge >= 0.3 is 6.09 Å². The molecule has 1 amide bonds. The smallest absolute Gasteiger partial charge is 0.407 e. The van der Waals surface area contributed by atoms with Crippen LogP contribution in [-0.2, 0) is 4.74 Å². The van der Waals surface area contributed by atoms with Crippen LogP contribution in [0.25, 0.3) is 11.1 Å². The minimum Gasteiger partial charge on any atom is -0.505 e. The van der Waals surface area contributed by atoms with Crippen LogP contribution in [0.1, 0.15) is 35.1 Å². The zero-order valence-electron chi connectivity index (χ0n) is 17.5. The molecule has 33 heavy (non-hydrogen) atoms. The summed E-state index contributed by atoms with van der Waals surface area (Å²) in [5.74, 6) is -1.85. The lowest BCUT2D eigenvalue weighted by atomic mass is 9.98. The molecule has 0 heterocycles. The molecule has 4 rings (SSSR count). The summed E-state index contributed by atoms with van der Waals surface area (Å²) in [6.07, 6.45) is -3.67. The van der Waals surface area contributed by atoms with Crippen LogP contribution >= 0.6 is 11.6 Å². The first-order valence-corrected chi connectivity index (χ1v) is 10.9. The summed E-state index contributed by atoms with van der Waals surface area (Å²) in [6.45, 7) is 0.152. The SMILES string of the molecule is O=C(NCCC(O)C(O)c1cc(Cl)cc(F)c1O)OCC1c2ccccc2-c2ccccc21. The molecule has 172 valence electrons. The largest absolute Gasteiger partial charge is 0.505 e. The molecule has 4 N–H and O–H groups in total. The number of phenolic OH excluding ortho intramolecular Hbond substituents is 1. The van der Waals surface area contributed by atoms with Gasteiger partial charge in [0, 0.05) is 23.0 Å². The summed E-state index contributed by atoms with van der Waals surface area (Å²) in [7, 11) is 0. The summed E-state index contributed by atoms with van der Waals surface area (Å²) < 4.78 is 19.0. The van der Waals surface area contributed by atoms with Gasteiger partial charge in [-0.3, -0.25) is 0 Å². The first-order chi connectivity index (χ1) is 15.9. The van der Waals surface area contributed by atoms with Crippen LogP contribution in [0, 0.1) is 5.82 Å². The predicted molar refractivity (Wildman–Crippen MR) is 122 cm³/mol. The van der Waals surface area contributed by atoms with Crippen molar-refractivity contribution in [1.29, 1.82) is 0 Å². The van der Waals surface area contributed by atoms with Gasteiger partial charge in [-0.2, -0.15) is 0 Å². The number of nitrogens with one attached hydrogen (secondary N) is 1. The first kappa shape index (κ1) is 23.0. The van der Waals surface area contributed by atoms with Gasteiger partial charge in [0.2, 0.25) is 0 Å². The number of fused-ring (bicyclic) bond motifs is 3. The summed E-state index contributed by atoms with van der Waals surface area (Å²) >= 11 is 5.75. The van der Waals surface area contributed by atoms with E-state index in [1.807, 2.05) is 48.5 Å². The van der Waals surface area contributed by atoms with Crippen LogP contribution in [0.3, 0.4) is 0 Å². The Balaban J connectivity index is 1.30. The second-order valence-corrected chi connectivity index (χ2v) is 8.32. The van der Waals surface area contributed by atoms with E-state index in [-0.39, 0.29) is 36.1 Å². The maximum absolute atomic E-state index is 13.6. The molecule has 0 radical (unpaired) electrons. The summed E-state index contributed by atoms with van der Waals surface area (Å²) in [4.78, 5) is 12.2. The number of hydrogen-bond donors (Lipinski definition) is 4. The molecule has 2 unspecified atom stereocenters. The average molecular weight is 472 g/mol. The van der Waals surface area contributed by atoms with Gasteiger partial charge in [-0.15, -0.1) is 0 Å². The van der Waals surface area contributed by atoms with Crippen LogP contribution in [-0.4, -0.2) is 40.7 Å². The molecule has 0 aromatic heterocycles. The Labute approximate surface area is 195 Å². The molecule has 0 saturated heterocycles. The van der Waals surface area contributed by atoms with E-state index < -0.39 is 29.9 Å². The van der Waals surface area contributed by atoms with Gasteiger partial charge < -0.3 is 25.4 Å². The number of aliphatic hydroxyl groups excluding tert-OH is 2. The minimum atomic E-state index is -1.58. The lowest BCUT2D eigenvalue weighted by Gasteiger charge is -2.20. The third-order valence-corrected chi connectivity index (χ3v) is 6.01. The Morgan fingerprint density at radius 1 is 1.06 bits per heavy atom. The molecule has 6 nitrogen and oxygen atoms in total. The quantitative estimate of drug-likeness (QED) is 0.406. The Morgan fingerprint density at radius 3 is 2.30 bits per heavy atom. The van der Waals surface area contributed by atoms with Crippen molar-refractivity contribution in [2.24, 2.45) is 0 Å². The highest BCUT2D eigenvalue weighted by Gasteiger charge is 2.29. The van der Waals surface area contributed by atoms with Gasteiger partial charge in [0.15, 0.2) is 11.6 Å². The number of carbonyl (C=O) groups is 1. The fraction of sp³-hybridized carbons (Fsp3) is 0.240. The van der Waals surface area contributed by atoms with Crippen LogP contribution < -0.4 is 5.32 Å². The van der Waals surface area contributed by atoms with Crippen molar-refractivity contribution in [1.82, 2.24) is 5.32 Å². The van der Waals surface area contributed by atoms with E-state index >= 15 is 0 Å². The number of aliphatic hydroxyl groups is 2. The minimum absolute atomic E-state index is 0.00128. The van der Waals surface area contributed by atoms with E-state index in [1.165, 1.54) is 6.07 Å². The first-order valence-electron chi connectivity index (χ1n) is 10.5. The van der Waals surface area contributed by atoms with Crippen LogP contribution in [0.15, 0.2) is 60.7 Å². The molecular weight excluding hydrogens is 449 g/mol. The summed E-state index contributed by atoms with van der Waals surface area (Å²) in [6, 6.07) is 18.1. The average Bonchev–Trinajstić information content (AvgIpc) is 3.13. The molecular formula is C25H23ClFNO5. The number of aromatic hydroxyl groups is 1. The third-order valence-electron chi connectivity index (χ3n) is 5.79. The molecule has 0 fully saturated rings. The van der Waals surface area contributed by atoms with Gasteiger partial charge in [-0.05, 0) is 40.8 Å². The topological polar surface area (TPSA) is 99.0 Å². The number of rotatable bonds is 7. The van der Waals surface area contributed by atoms with E-state index in [1.54, 1.807) is 0 Å². The second kappa shape index (κ2) is 9.79. The van der Waals surface area contributed by atoms with Crippen LogP contribution in [0.4, 0.5) is 9.18 Å². The standard InChI is InChI=1S/C25H23ClFNO5/c26-14-11-19(23(30)21(27)12-14)24(31)22(29)9-10-28-25(32)33-13-20-17-7-3-1-5-15(17)16-6-2-4-8-18(16)20/h1-8,11-12,20,22,24,29-31H,9-10,13H2,(H,28,32). The highest BCUT2D eigenvalue weighted by molar-refractivity contribution is 6.30. The van der Waals surface area contributed by atoms with Crippen LogP contribution in [0.2, 0.25) is 5.02 Å². The number of ether oxygens (including phenoxy) is 1. The Morgan fingerprint density at radius 2 is 1.67 bits per heavy atom. The van der Waals surface area contributed by atoms with E-state index in [2.05, 4.69) is 5.32 Å². The molecule has 2 atom stereocenters. The Kier molecular flexibility index (Phi) is 6.83. The van der Waals surface area contributed by atoms with Gasteiger partial charge in [0.05, 0.1) is 6.10 Å². The molecule has 0 saturated carbocycles. The number of benzene rings is 3. The number of carbonyl (C=O) groups excluding carboxylic acids is 1. The fourth-order valence-electron chi connectivity index (χ4n) is 4.15. The monoisotopic (exact) mass is 471 g/mol. The van der Waals surface area contributed by atoms with E-state index in [4.69, 9.17) is 16.3 Å². The maximum atomic E-state index is 13.6.